The van der Waals surface area contributed by atoms with Gasteiger partial charge in [-0.25, -0.2) is 0 Å². The second kappa shape index (κ2) is 5.15. The van der Waals surface area contributed by atoms with E-state index in [1.807, 2.05) is 20.8 Å². The summed E-state index contributed by atoms with van der Waals surface area (Å²) >= 11 is 0. The minimum absolute atomic E-state index is 0.0527. The van der Waals surface area contributed by atoms with Crippen LogP contribution in [0.15, 0.2) is 23.5 Å². The number of rotatable bonds is 3. The SMILES string of the molecule is CC/C=C(\C)[C@H]1OC(CC)=CC(=O)[C@@H]1C. The van der Waals surface area contributed by atoms with Gasteiger partial charge in [-0.2, -0.15) is 0 Å². The number of hydrogen-bond acceptors (Lipinski definition) is 2. The van der Waals surface area contributed by atoms with Crippen molar-refractivity contribution in [3.63, 3.8) is 0 Å². The molecule has 0 spiro atoms. The zero-order valence-corrected chi connectivity index (χ0v) is 10.0. The first-order valence-electron chi connectivity index (χ1n) is 5.67. The lowest BCUT2D eigenvalue weighted by atomic mass is 9.91. The summed E-state index contributed by atoms with van der Waals surface area (Å²) in [6, 6.07) is 0. The van der Waals surface area contributed by atoms with E-state index < -0.39 is 0 Å². The van der Waals surface area contributed by atoms with Crippen LogP contribution >= 0.6 is 0 Å². The van der Waals surface area contributed by atoms with Crippen molar-refractivity contribution in [2.75, 3.05) is 0 Å². The van der Waals surface area contributed by atoms with Crippen LogP contribution < -0.4 is 0 Å². The third-order valence-electron chi connectivity index (χ3n) is 2.81. The van der Waals surface area contributed by atoms with Gasteiger partial charge in [-0.3, -0.25) is 4.79 Å². The Bertz CT molecular complexity index is 300. The van der Waals surface area contributed by atoms with Gasteiger partial charge in [-0.05, 0) is 18.9 Å². The highest BCUT2D eigenvalue weighted by atomic mass is 16.5. The van der Waals surface area contributed by atoms with E-state index in [1.165, 1.54) is 0 Å². The molecular weight excluding hydrogens is 188 g/mol. The van der Waals surface area contributed by atoms with Crippen LogP contribution in [0.5, 0.6) is 0 Å². The van der Waals surface area contributed by atoms with Gasteiger partial charge in [0.2, 0.25) is 0 Å². The number of ether oxygens (including phenoxy) is 1. The summed E-state index contributed by atoms with van der Waals surface area (Å²) in [5.41, 5.74) is 1.16. The first-order chi connectivity index (χ1) is 7.10. The van der Waals surface area contributed by atoms with Gasteiger partial charge in [0.15, 0.2) is 5.78 Å². The van der Waals surface area contributed by atoms with Crippen molar-refractivity contribution in [1.29, 1.82) is 0 Å². The molecule has 1 rings (SSSR count). The van der Waals surface area contributed by atoms with Crippen molar-refractivity contribution >= 4 is 5.78 Å². The van der Waals surface area contributed by atoms with Gasteiger partial charge in [0.05, 0.1) is 5.92 Å². The van der Waals surface area contributed by atoms with E-state index in [0.29, 0.717) is 0 Å². The van der Waals surface area contributed by atoms with Gasteiger partial charge in [-0.1, -0.05) is 26.8 Å². The Kier molecular flexibility index (Phi) is 4.13. The van der Waals surface area contributed by atoms with Crippen molar-refractivity contribution in [3.8, 4) is 0 Å². The fraction of sp³-hybridized carbons (Fsp3) is 0.615. The molecular formula is C13H20O2. The van der Waals surface area contributed by atoms with E-state index >= 15 is 0 Å². The van der Waals surface area contributed by atoms with E-state index in [2.05, 4.69) is 13.0 Å². The van der Waals surface area contributed by atoms with Gasteiger partial charge in [0.25, 0.3) is 0 Å². The molecule has 2 atom stereocenters. The Morgan fingerprint density at radius 3 is 2.73 bits per heavy atom. The quantitative estimate of drug-likeness (QED) is 0.665. The summed E-state index contributed by atoms with van der Waals surface area (Å²) < 4.78 is 5.80. The van der Waals surface area contributed by atoms with Crippen molar-refractivity contribution in [2.24, 2.45) is 5.92 Å². The lowest BCUT2D eigenvalue weighted by Crippen LogP contribution is -2.32. The summed E-state index contributed by atoms with van der Waals surface area (Å²) in [4.78, 5) is 11.7. The molecule has 0 saturated carbocycles. The van der Waals surface area contributed by atoms with Crippen molar-refractivity contribution < 1.29 is 9.53 Å². The van der Waals surface area contributed by atoms with Crippen LogP contribution in [0.25, 0.3) is 0 Å². The highest BCUT2D eigenvalue weighted by molar-refractivity contribution is 5.93. The normalized spacial score (nSPS) is 27.3. The number of allylic oxidation sites excluding steroid dienone is 3. The van der Waals surface area contributed by atoms with Crippen LogP contribution in [-0.2, 0) is 9.53 Å². The third-order valence-corrected chi connectivity index (χ3v) is 2.81. The molecule has 2 nitrogen and oxygen atoms in total. The summed E-state index contributed by atoms with van der Waals surface area (Å²) in [5.74, 6) is 0.946. The largest absolute Gasteiger partial charge is 0.490 e. The molecule has 1 aliphatic heterocycles. The van der Waals surface area contributed by atoms with Crippen LogP contribution in [0.4, 0.5) is 0 Å². The molecule has 1 heterocycles. The summed E-state index contributed by atoms with van der Waals surface area (Å²) in [6.07, 6.45) is 5.48. The first-order valence-corrected chi connectivity index (χ1v) is 5.67. The predicted molar refractivity (Wildman–Crippen MR) is 61.5 cm³/mol. The van der Waals surface area contributed by atoms with Crippen LogP contribution in [0.2, 0.25) is 0 Å². The molecule has 0 aliphatic carbocycles. The highest BCUT2D eigenvalue weighted by Crippen LogP contribution is 2.26. The zero-order chi connectivity index (χ0) is 11.4. The Hall–Kier alpha value is -1.05. The van der Waals surface area contributed by atoms with Crippen molar-refractivity contribution in [1.82, 2.24) is 0 Å². The molecule has 0 aromatic rings. The van der Waals surface area contributed by atoms with Gasteiger partial charge in [-0.15, -0.1) is 0 Å². The van der Waals surface area contributed by atoms with Crippen molar-refractivity contribution in [2.45, 2.75) is 46.6 Å². The van der Waals surface area contributed by atoms with Crippen LogP contribution in [0.1, 0.15) is 40.5 Å². The average Bonchev–Trinajstić information content (AvgIpc) is 2.22. The molecule has 0 fully saturated rings. The van der Waals surface area contributed by atoms with E-state index in [4.69, 9.17) is 4.74 Å². The summed E-state index contributed by atoms with van der Waals surface area (Å²) in [7, 11) is 0. The fourth-order valence-corrected chi connectivity index (χ4v) is 1.85. The standard InChI is InChI=1S/C13H20O2/c1-5-7-9(3)13-10(4)12(14)8-11(6-2)15-13/h7-8,10,13H,5-6H2,1-4H3/b9-7+/t10-,13+/m0/s1. The minimum Gasteiger partial charge on any atom is -0.490 e. The number of carbonyl (C=O) groups excluding carboxylic acids is 1. The predicted octanol–water partition coefficient (Wildman–Crippen LogP) is 3.24. The van der Waals surface area contributed by atoms with E-state index in [-0.39, 0.29) is 17.8 Å². The number of ketones is 1. The summed E-state index contributed by atoms with van der Waals surface area (Å²) in [6.45, 7) is 8.07. The molecule has 0 aromatic carbocycles. The lowest BCUT2D eigenvalue weighted by Gasteiger charge is -2.29. The minimum atomic E-state index is -0.0580. The van der Waals surface area contributed by atoms with Crippen molar-refractivity contribution in [3.05, 3.63) is 23.5 Å². The smallest absolute Gasteiger partial charge is 0.165 e. The van der Waals surface area contributed by atoms with Gasteiger partial charge >= 0.3 is 0 Å². The zero-order valence-electron chi connectivity index (χ0n) is 10.0. The maximum absolute atomic E-state index is 11.7. The first kappa shape index (κ1) is 12.0. The molecule has 0 saturated heterocycles. The van der Waals surface area contributed by atoms with Gasteiger partial charge < -0.3 is 4.74 Å². The second-order valence-electron chi connectivity index (χ2n) is 4.05. The van der Waals surface area contributed by atoms with Gasteiger partial charge in [0, 0.05) is 12.5 Å². The second-order valence-corrected chi connectivity index (χ2v) is 4.05. The van der Waals surface area contributed by atoms with E-state index in [9.17, 15) is 4.79 Å². The molecule has 2 heteroatoms. The Balaban J connectivity index is 2.88. The summed E-state index contributed by atoms with van der Waals surface area (Å²) in [5, 5.41) is 0. The fourth-order valence-electron chi connectivity index (χ4n) is 1.85. The molecule has 0 aromatic heterocycles. The third kappa shape index (κ3) is 2.71. The Morgan fingerprint density at radius 1 is 1.53 bits per heavy atom. The number of hydrogen-bond donors (Lipinski definition) is 0. The van der Waals surface area contributed by atoms with E-state index in [0.717, 1.165) is 24.2 Å². The van der Waals surface area contributed by atoms with Crippen LogP contribution in [0.3, 0.4) is 0 Å². The maximum Gasteiger partial charge on any atom is 0.165 e. The average molecular weight is 208 g/mol. The molecule has 0 N–H and O–H groups in total. The number of carbonyl (C=O) groups is 1. The molecule has 0 unspecified atom stereocenters. The highest BCUT2D eigenvalue weighted by Gasteiger charge is 2.30. The molecule has 15 heavy (non-hydrogen) atoms. The maximum atomic E-state index is 11.7. The topological polar surface area (TPSA) is 26.3 Å². The molecule has 0 amide bonds. The molecule has 1 aliphatic rings. The Labute approximate surface area is 92.0 Å². The lowest BCUT2D eigenvalue weighted by molar-refractivity contribution is -0.122. The van der Waals surface area contributed by atoms with Crippen LogP contribution in [0, 0.1) is 5.92 Å². The Morgan fingerprint density at radius 2 is 2.20 bits per heavy atom. The monoisotopic (exact) mass is 208 g/mol. The molecule has 0 radical (unpaired) electrons. The molecule has 0 bridgehead atoms. The van der Waals surface area contributed by atoms with Crippen LogP contribution in [-0.4, -0.2) is 11.9 Å². The van der Waals surface area contributed by atoms with E-state index in [1.54, 1.807) is 6.08 Å². The molecule has 84 valence electrons. The van der Waals surface area contributed by atoms with Gasteiger partial charge in [0.1, 0.15) is 11.9 Å².